The van der Waals surface area contributed by atoms with Gasteiger partial charge in [0, 0.05) is 0 Å². The minimum absolute atomic E-state index is 0.608. The summed E-state index contributed by atoms with van der Waals surface area (Å²) in [5, 5.41) is 26.9. The van der Waals surface area contributed by atoms with Gasteiger partial charge >= 0.3 is 10.4 Å². The van der Waals surface area contributed by atoms with E-state index in [0.717, 1.165) is 0 Å². The molecule has 0 saturated carbocycles. The van der Waals surface area contributed by atoms with Crippen LogP contribution in [0.15, 0.2) is 0 Å². The largest absolute Gasteiger partial charge is 0.399 e. The van der Waals surface area contributed by atoms with Crippen LogP contribution in [0.25, 0.3) is 0 Å². The molecule has 1 rings (SSSR count). The van der Waals surface area contributed by atoms with Gasteiger partial charge in [-0.1, -0.05) is 0 Å². The summed E-state index contributed by atoms with van der Waals surface area (Å²) in [6, 6.07) is 0. The molecule has 84 valence electrons. The Morgan fingerprint density at radius 2 is 1.86 bits per heavy atom. The normalized spacial score (nSPS) is 38.9. The van der Waals surface area contributed by atoms with Crippen LogP contribution in [0.4, 0.5) is 0 Å². The maximum atomic E-state index is 10.2. The molecule has 0 aromatic heterocycles. The zero-order valence-corrected chi connectivity index (χ0v) is 7.66. The Labute approximate surface area is 79.6 Å². The summed E-state index contributed by atoms with van der Waals surface area (Å²) in [6.45, 7) is -0.608. The standard InChI is InChI=1S/C5H10O8S/c6-1-2-3(7)4(8)5(12-2)13-14(9,10)11/h2-8H,1H2,(H,9,10,11). The van der Waals surface area contributed by atoms with Crippen molar-refractivity contribution in [1.82, 2.24) is 0 Å². The lowest BCUT2D eigenvalue weighted by Crippen LogP contribution is -2.35. The van der Waals surface area contributed by atoms with Gasteiger partial charge in [-0.05, 0) is 0 Å². The summed E-state index contributed by atoms with van der Waals surface area (Å²) in [5.74, 6) is 0. The number of hydrogen-bond acceptors (Lipinski definition) is 7. The van der Waals surface area contributed by atoms with E-state index in [4.69, 9.17) is 19.9 Å². The third kappa shape index (κ3) is 2.60. The highest BCUT2D eigenvalue weighted by Gasteiger charge is 2.45. The van der Waals surface area contributed by atoms with Crippen LogP contribution in [0.1, 0.15) is 0 Å². The fourth-order valence-electron chi connectivity index (χ4n) is 1.06. The summed E-state index contributed by atoms with van der Waals surface area (Å²) in [5.41, 5.74) is 0. The molecule has 0 aromatic carbocycles. The highest BCUT2D eigenvalue weighted by atomic mass is 32.3. The quantitative estimate of drug-likeness (QED) is 0.383. The lowest BCUT2D eigenvalue weighted by Gasteiger charge is -2.11. The van der Waals surface area contributed by atoms with Crippen molar-refractivity contribution >= 4 is 10.4 Å². The van der Waals surface area contributed by atoms with Gasteiger partial charge in [-0.3, -0.25) is 4.55 Å². The van der Waals surface area contributed by atoms with Gasteiger partial charge in [-0.25, -0.2) is 4.18 Å². The molecule has 0 radical (unpaired) electrons. The maximum Gasteiger partial charge on any atom is 0.399 e. The summed E-state index contributed by atoms with van der Waals surface area (Å²) in [7, 11) is -4.77. The molecule has 1 saturated heterocycles. The Morgan fingerprint density at radius 3 is 2.21 bits per heavy atom. The summed E-state index contributed by atoms with van der Waals surface area (Å²) in [4.78, 5) is 0. The van der Waals surface area contributed by atoms with Crippen molar-refractivity contribution < 1.29 is 37.2 Å². The van der Waals surface area contributed by atoms with E-state index in [9.17, 15) is 8.42 Å². The van der Waals surface area contributed by atoms with E-state index < -0.39 is 41.6 Å². The molecule has 0 amide bonds. The molecule has 4 unspecified atom stereocenters. The molecule has 1 fully saturated rings. The maximum absolute atomic E-state index is 10.2. The fraction of sp³-hybridized carbons (Fsp3) is 1.00. The van der Waals surface area contributed by atoms with Gasteiger partial charge in [0.2, 0.25) is 6.29 Å². The average molecular weight is 230 g/mol. The number of hydrogen-bond donors (Lipinski definition) is 4. The number of aliphatic hydroxyl groups excluding tert-OH is 3. The van der Waals surface area contributed by atoms with E-state index in [2.05, 4.69) is 8.92 Å². The topological polar surface area (TPSA) is 134 Å². The SMILES string of the molecule is O=S(=O)(O)OC1OC(CO)C(O)C1O. The fourth-order valence-corrected chi connectivity index (χ4v) is 1.46. The van der Waals surface area contributed by atoms with Crippen molar-refractivity contribution in [3.63, 3.8) is 0 Å². The van der Waals surface area contributed by atoms with Crippen LogP contribution in [0.3, 0.4) is 0 Å². The van der Waals surface area contributed by atoms with Crippen molar-refractivity contribution in [2.75, 3.05) is 6.61 Å². The Kier molecular flexibility index (Phi) is 3.42. The predicted molar refractivity (Wildman–Crippen MR) is 40.4 cm³/mol. The third-order valence-corrected chi connectivity index (χ3v) is 2.15. The van der Waals surface area contributed by atoms with Crippen molar-refractivity contribution in [2.24, 2.45) is 0 Å². The summed E-state index contributed by atoms with van der Waals surface area (Å²) < 4.78 is 37.2. The van der Waals surface area contributed by atoms with Crippen LogP contribution < -0.4 is 0 Å². The molecule has 1 aliphatic heterocycles. The second-order valence-corrected chi connectivity index (χ2v) is 3.78. The van der Waals surface area contributed by atoms with E-state index in [1.165, 1.54) is 0 Å². The zero-order valence-electron chi connectivity index (χ0n) is 6.85. The molecule has 4 N–H and O–H groups in total. The van der Waals surface area contributed by atoms with Crippen LogP contribution >= 0.6 is 0 Å². The average Bonchev–Trinajstić information content (AvgIpc) is 2.30. The predicted octanol–water partition coefficient (Wildman–Crippen LogP) is -2.76. The zero-order chi connectivity index (χ0) is 10.9. The molecule has 4 atom stereocenters. The van der Waals surface area contributed by atoms with Crippen LogP contribution in [0.2, 0.25) is 0 Å². The first-order valence-corrected chi connectivity index (χ1v) is 5.00. The van der Waals surface area contributed by atoms with Gasteiger partial charge < -0.3 is 20.1 Å². The van der Waals surface area contributed by atoms with Crippen molar-refractivity contribution in [2.45, 2.75) is 24.6 Å². The van der Waals surface area contributed by atoms with Gasteiger partial charge in [0.15, 0.2) is 0 Å². The van der Waals surface area contributed by atoms with Crippen LogP contribution in [0.5, 0.6) is 0 Å². The minimum atomic E-state index is -4.77. The molecule has 0 spiro atoms. The highest BCUT2D eigenvalue weighted by Crippen LogP contribution is 2.22. The van der Waals surface area contributed by atoms with Crippen LogP contribution in [-0.4, -0.2) is 59.5 Å². The molecule has 14 heavy (non-hydrogen) atoms. The molecular formula is C5H10O8S. The molecule has 9 heteroatoms. The van der Waals surface area contributed by atoms with Crippen molar-refractivity contribution in [3.05, 3.63) is 0 Å². The first-order chi connectivity index (χ1) is 6.35. The summed E-state index contributed by atoms with van der Waals surface area (Å²) >= 11 is 0. The van der Waals surface area contributed by atoms with Gasteiger partial charge in [-0.15, -0.1) is 0 Å². The van der Waals surface area contributed by atoms with Crippen molar-refractivity contribution in [3.8, 4) is 0 Å². The summed E-state index contributed by atoms with van der Waals surface area (Å²) in [6.07, 6.45) is -5.96. The Balaban J connectivity index is 2.66. The number of rotatable bonds is 3. The number of aliphatic hydroxyl groups is 3. The first-order valence-electron chi connectivity index (χ1n) is 3.63. The van der Waals surface area contributed by atoms with E-state index in [1.54, 1.807) is 0 Å². The highest BCUT2D eigenvalue weighted by molar-refractivity contribution is 7.80. The molecule has 0 aromatic rings. The lowest BCUT2D eigenvalue weighted by atomic mass is 10.1. The second-order valence-electron chi connectivity index (χ2n) is 2.73. The molecule has 1 heterocycles. The Hall–Kier alpha value is -0.290. The van der Waals surface area contributed by atoms with E-state index in [-0.39, 0.29) is 0 Å². The van der Waals surface area contributed by atoms with Gasteiger partial charge in [0.05, 0.1) is 6.61 Å². The molecule has 1 aliphatic rings. The first kappa shape index (κ1) is 11.8. The molecule has 0 aliphatic carbocycles. The molecule has 0 bridgehead atoms. The lowest BCUT2D eigenvalue weighted by molar-refractivity contribution is -0.117. The third-order valence-electron chi connectivity index (χ3n) is 1.71. The van der Waals surface area contributed by atoms with Gasteiger partial charge in [0.25, 0.3) is 0 Å². The van der Waals surface area contributed by atoms with E-state index >= 15 is 0 Å². The van der Waals surface area contributed by atoms with Gasteiger partial charge in [-0.2, -0.15) is 8.42 Å². The monoisotopic (exact) mass is 230 g/mol. The van der Waals surface area contributed by atoms with Crippen LogP contribution in [-0.2, 0) is 19.3 Å². The van der Waals surface area contributed by atoms with E-state index in [0.29, 0.717) is 0 Å². The van der Waals surface area contributed by atoms with Crippen molar-refractivity contribution in [1.29, 1.82) is 0 Å². The smallest absolute Gasteiger partial charge is 0.394 e. The van der Waals surface area contributed by atoms with Crippen LogP contribution in [0, 0.1) is 0 Å². The molecular weight excluding hydrogens is 220 g/mol. The van der Waals surface area contributed by atoms with Gasteiger partial charge in [0.1, 0.15) is 18.3 Å². The Bertz CT molecular complexity index is 286. The number of ether oxygens (including phenoxy) is 1. The van der Waals surface area contributed by atoms with E-state index in [1.807, 2.05) is 0 Å². The Morgan fingerprint density at radius 1 is 1.29 bits per heavy atom. The second kappa shape index (κ2) is 4.06. The molecule has 8 nitrogen and oxygen atoms in total. The minimum Gasteiger partial charge on any atom is -0.394 e.